The first-order valence-electron chi connectivity index (χ1n) is 17.9. The number of anilines is 1. The predicted molar refractivity (Wildman–Crippen MR) is 195 cm³/mol. The highest BCUT2D eigenvalue weighted by atomic mass is 19.4. The fourth-order valence-electron chi connectivity index (χ4n) is 6.59. The summed E-state index contributed by atoms with van der Waals surface area (Å²) in [6.07, 6.45) is -1.03. The van der Waals surface area contributed by atoms with E-state index in [1.165, 1.54) is 22.9 Å². The van der Waals surface area contributed by atoms with Crippen LogP contribution in [0, 0.1) is 6.92 Å². The number of rotatable bonds is 14. The van der Waals surface area contributed by atoms with Crippen LogP contribution in [-0.2, 0) is 30.4 Å². The van der Waals surface area contributed by atoms with Crippen LogP contribution in [0.2, 0.25) is 0 Å². The molecule has 0 aliphatic carbocycles. The van der Waals surface area contributed by atoms with Crippen LogP contribution in [0.15, 0.2) is 66.7 Å². The molecule has 1 aliphatic heterocycles. The number of aromatic nitrogens is 2. The van der Waals surface area contributed by atoms with E-state index in [9.17, 15) is 32.7 Å². The molecule has 0 unspecified atom stereocenters. The van der Waals surface area contributed by atoms with Gasteiger partial charge in [0.05, 0.1) is 43.0 Å². The second kappa shape index (κ2) is 17.1. The Bertz CT molecular complexity index is 1930. The Labute approximate surface area is 307 Å². The van der Waals surface area contributed by atoms with Crippen molar-refractivity contribution in [3.05, 3.63) is 106 Å². The van der Waals surface area contributed by atoms with Gasteiger partial charge in [0.25, 0.3) is 11.8 Å². The number of alkyl halides is 3. The molecule has 0 fully saturated rings. The molecule has 282 valence electrons. The summed E-state index contributed by atoms with van der Waals surface area (Å²) in [5.74, 6) is -1.58. The molecule has 2 heterocycles. The van der Waals surface area contributed by atoms with E-state index in [0.717, 1.165) is 50.0 Å². The van der Waals surface area contributed by atoms with Crippen molar-refractivity contribution >= 4 is 23.4 Å². The maximum Gasteiger partial charge on any atom is 0.419 e. The zero-order valence-electron chi connectivity index (χ0n) is 30.5. The second-order valence-electron chi connectivity index (χ2n) is 13.3. The van der Waals surface area contributed by atoms with E-state index in [1.54, 1.807) is 34.9 Å². The normalized spacial score (nSPS) is 14.1. The predicted octanol–water partition coefficient (Wildman–Crippen LogP) is 6.99. The van der Waals surface area contributed by atoms with E-state index in [-0.39, 0.29) is 53.7 Å². The number of aliphatic hydroxyl groups excluding tert-OH is 1. The van der Waals surface area contributed by atoms with Gasteiger partial charge < -0.3 is 25.0 Å². The summed E-state index contributed by atoms with van der Waals surface area (Å²) in [4.78, 5) is 44.8. The molecular formula is C40H46F3N5O5. The van der Waals surface area contributed by atoms with Crippen molar-refractivity contribution in [2.45, 2.75) is 78.1 Å². The molecule has 1 aromatic heterocycles. The van der Waals surface area contributed by atoms with Gasteiger partial charge in [-0.25, -0.2) is 4.68 Å². The lowest BCUT2D eigenvalue weighted by molar-refractivity contribution is -0.138. The van der Waals surface area contributed by atoms with E-state index in [0.29, 0.717) is 30.9 Å². The number of carbonyl (C=O) groups is 3. The lowest BCUT2D eigenvalue weighted by Gasteiger charge is -2.36. The van der Waals surface area contributed by atoms with E-state index in [4.69, 9.17) is 4.74 Å². The summed E-state index contributed by atoms with van der Waals surface area (Å²) in [6.45, 7) is 7.08. The van der Waals surface area contributed by atoms with E-state index in [1.807, 2.05) is 24.3 Å². The highest BCUT2D eigenvalue weighted by Gasteiger charge is 2.35. The number of aryl methyl sites for hydroxylation is 1. The standard InChI is InChI=1S/C40H46F3N5O5/c1-5-7-17-46(18-8-6-2)39(52)34-19-26(3)48(45-34)35-15-14-30(44-37(50)21-27-13-16-36(53-4)33(20-27)40(41,42)43)23-32(35)38(51)47-24-29-12-10-9-11-28(29)22-31(47)25-49/h9-16,19-20,23,31,49H,5-8,17-18,21-22,24-25H2,1-4H3,(H,44,50)/t31-/m0/s1. The Hall–Kier alpha value is -5.17. The van der Waals surface area contributed by atoms with Crippen molar-refractivity contribution in [2.24, 2.45) is 0 Å². The van der Waals surface area contributed by atoms with Crippen LogP contribution in [0.4, 0.5) is 18.9 Å². The van der Waals surface area contributed by atoms with Gasteiger partial charge in [0.1, 0.15) is 5.75 Å². The van der Waals surface area contributed by atoms with Gasteiger partial charge in [0.2, 0.25) is 5.91 Å². The molecule has 0 bridgehead atoms. The number of fused-ring (bicyclic) bond motifs is 1. The van der Waals surface area contributed by atoms with Gasteiger partial charge >= 0.3 is 6.18 Å². The van der Waals surface area contributed by atoms with Gasteiger partial charge in [-0.3, -0.25) is 14.4 Å². The van der Waals surface area contributed by atoms with Gasteiger partial charge in [-0.2, -0.15) is 18.3 Å². The molecule has 53 heavy (non-hydrogen) atoms. The number of amides is 3. The molecule has 4 aromatic rings. The van der Waals surface area contributed by atoms with E-state index >= 15 is 0 Å². The Morgan fingerprint density at radius 2 is 1.68 bits per heavy atom. The molecule has 10 nitrogen and oxygen atoms in total. The molecule has 1 aliphatic rings. The summed E-state index contributed by atoms with van der Waals surface area (Å²) in [7, 11) is 1.14. The lowest BCUT2D eigenvalue weighted by atomic mass is 9.93. The minimum absolute atomic E-state index is 0.123. The third kappa shape index (κ3) is 9.08. The van der Waals surface area contributed by atoms with Gasteiger partial charge in [0, 0.05) is 31.0 Å². The van der Waals surface area contributed by atoms with Crippen LogP contribution >= 0.6 is 0 Å². The van der Waals surface area contributed by atoms with E-state index < -0.39 is 29.6 Å². The highest BCUT2D eigenvalue weighted by Crippen LogP contribution is 2.37. The fourth-order valence-corrected chi connectivity index (χ4v) is 6.59. The molecule has 13 heteroatoms. The molecule has 0 saturated carbocycles. The Balaban J connectivity index is 1.51. The van der Waals surface area contributed by atoms with Gasteiger partial charge in [0.15, 0.2) is 5.69 Å². The van der Waals surface area contributed by atoms with Crippen LogP contribution in [0.25, 0.3) is 5.69 Å². The summed E-state index contributed by atoms with van der Waals surface area (Å²) in [5.41, 5.74) is 2.70. The summed E-state index contributed by atoms with van der Waals surface area (Å²) in [6, 6.07) is 17.0. The van der Waals surface area contributed by atoms with Crippen LogP contribution in [0.5, 0.6) is 5.75 Å². The van der Waals surface area contributed by atoms with Gasteiger partial charge in [-0.05, 0) is 79.3 Å². The first kappa shape index (κ1) is 39.0. The minimum atomic E-state index is -4.68. The monoisotopic (exact) mass is 733 g/mol. The number of methoxy groups -OCH3 is 1. The zero-order chi connectivity index (χ0) is 38.3. The minimum Gasteiger partial charge on any atom is -0.496 e. The third-order valence-electron chi connectivity index (χ3n) is 9.46. The van der Waals surface area contributed by atoms with Crippen molar-refractivity contribution < 1.29 is 37.4 Å². The number of carbonyl (C=O) groups excluding carboxylic acids is 3. The average molecular weight is 734 g/mol. The largest absolute Gasteiger partial charge is 0.496 e. The molecule has 5 rings (SSSR count). The molecule has 3 amide bonds. The number of ether oxygens (including phenoxy) is 1. The maximum atomic E-state index is 14.6. The number of hydrogen-bond donors (Lipinski definition) is 2. The fraction of sp³-hybridized carbons (Fsp3) is 0.400. The molecule has 0 saturated heterocycles. The number of unbranched alkanes of at least 4 members (excludes halogenated alkanes) is 2. The van der Waals surface area contributed by atoms with Gasteiger partial charge in [-0.1, -0.05) is 57.0 Å². The van der Waals surface area contributed by atoms with Crippen molar-refractivity contribution in [3.63, 3.8) is 0 Å². The molecule has 1 atom stereocenters. The van der Waals surface area contributed by atoms with Crippen LogP contribution in [-0.4, -0.2) is 75.3 Å². The number of benzene rings is 3. The van der Waals surface area contributed by atoms with Crippen molar-refractivity contribution in [1.82, 2.24) is 19.6 Å². The van der Waals surface area contributed by atoms with Crippen LogP contribution in [0.1, 0.15) is 88.3 Å². The molecule has 3 aromatic carbocycles. The topological polar surface area (TPSA) is 117 Å². The highest BCUT2D eigenvalue weighted by molar-refractivity contribution is 6.01. The third-order valence-corrected chi connectivity index (χ3v) is 9.46. The summed E-state index contributed by atoms with van der Waals surface area (Å²) in [5, 5.41) is 17.8. The molecule has 0 spiro atoms. The quantitative estimate of drug-likeness (QED) is 0.144. The number of aliphatic hydroxyl groups is 1. The Kier molecular flexibility index (Phi) is 12.6. The molecule has 2 N–H and O–H groups in total. The summed E-state index contributed by atoms with van der Waals surface area (Å²) >= 11 is 0. The van der Waals surface area contributed by atoms with Gasteiger partial charge in [-0.15, -0.1) is 0 Å². The SMILES string of the molecule is CCCCN(CCCC)C(=O)c1cc(C)n(-c2ccc(NC(=O)Cc3ccc(OC)c(C(F)(F)F)c3)cc2C(=O)N2Cc3ccccc3C[C@H]2CO)n1. The summed E-state index contributed by atoms with van der Waals surface area (Å²) < 4.78 is 47.3. The Morgan fingerprint density at radius 1 is 0.981 bits per heavy atom. The van der Waals surface area contributed by atoms with Crippen molar-refractivity contribution in [3.8, 4) is 11.4 Å². The second-order valence-corrected chi connectivity index (χ2v) is 13.3. The van der Waals surface area contributed by atoms with E-state index in [2.05, 4.69) is 24.3 Å². The first-order chi connectivity index (χ1) is 25.4. The lowest BCUT2D eigenvalue weighted by Crippen LogP contribution is -2.46. The van der Waals surface area contributed by atoms with Crippen molar-refractivity contribution in [1.29, 1.82) is 0 Å². The molecule has 0 radical (unpaired) electrons. The smallest absolute Gasteiger partial charge is 0.419 e. The maximum absolute atomic E-state index is 14.6. The van der Waals surface area contributed by atoms with Crippen LogP contribution in [0.3, 0.4) is 0 Å². The molecular weight excluding hydrogens is 687 g/mol. The number of nitrogens with zero attached hydrogens (tertiary/aromatic N) is 4. The first-order valence-corrected chi connectivity index (χ1v) is 17.9. The Morgan fingerprint density at radius 3 is 2.32 bits per heavy atom. The average Bonchev–Trinajstić information content (AvgIpc) is 3.54. The number of nitrogens with one attached hydrogen (secondary N) is 1. The number of halogens is 3. The van der Waals surface area contributed by atoms with Crippen molar-refractivity contribution in [2.75, 3.05) is 32.1 Å². The zero-order valence-corrected chi connectivity index (χ0v) is 30.5. The van der Waals surface area contributed by atoms with Crippen LogP contribution < -0.4 is 10.1 Å². The number of hydrogen-bond acceptors (Lipinski definition) is 6.